The number of hydrogen-bond acceptors (Lipinski definition) is 3. The molecule has 1 aliphatic heterocycles. The Kier molecular flexibility index (Phi) is 4.01. The summed E-state index contributed by atoms with van der Waals surface area (Å²) in [6.07, 6.45) is -1.16. The van der Waals surface area contributed by atoms with Crippen molar-refractivity contribution in [3.05, 3.63) is 58.1 Å². The number of carbonyl (C=O) groups is 1. The molecule has 4 nitrogen and oxygen atoms in total. The van der Waals surface area contributed by atoms with Crippen LogP contribution in [-0.4, -0.2) is 16.0 Å². The summed E-state index contributed by atoms with van der Waals surface area (Å²) in [5.41, 5.74) is -0.372. The minimum Gasteiger partial charge on any atom is -0.389 e. The van der Waals surface area contributed by atoms with Crippen molar-refractivity contribution in [2.75, 3.05) is 4.90 Å². The predicted molar refractivity (Wildman–Crippen MR) is 81.4 cm³/mol. The smallest absolute Gasteiger partial charge is 0.352 e. The second-order valence-electron chi connectivity index (χ2n) is 5.46. The Bertz CT molecular complexity index is 827. The highest BCUT2D eigenvalue weighted by Crippen LogP contribution is 2.47. The summed E-state index contributed by atoms with van der Waals surface area (Å²) in [6, 6.07) is 6.51. The fraction of sp³-hybridized carbons (Fsp3) is 0.250. The van der Waals surface area contributed by atoms with Gasteiger partial charge >= 0.3 is 11.8 Å². The van der Waals surface area contributed by atoms with E-state index in [2.05, 4.69) is 4.98 Å². The number of nitrogens with zero attached hydrogens (tertiary/aromatic N) is 2. The van der Waals surface area contributed by atoms with Crippen molar-refractivity contribution >= 4 is 23.2 Å². The molecule has 0 radical (unpaired) electrons. The van der Waals surface area contributed by atoms with Gasteiger partial charge in [0.25, 0.3) is 0 Å². The van der Waals surface area contributed by atoms with Crippen LogP contribution in [0.2, 0.25) is 5.15 Å². The molecular formula is C16H12ClF3N2O2. The van der Waals surface area contributed by atoms with E-state index in [1.807, 2.05) is 0 Å². The number of carbonyl (C=O) groups excluding carboxylic acids is 1. The molecule has 0 unspecified atom stereocenters. The zero-order valence-electron chi connectivity index (χ0n) is 12.4. The topological polar surface area (TPSA) is 53.4 Å². The van der Waals surface area contributed by atoms with Gasteiger partial charge in [-0.1, -0.05) is 23.7 Å². The Hall–Kier alpha value is -2.12. The molecule has 0 saturated heterocycles. The van der Waals surface area contributed by atoms with Crippen LogP contribution in [0.3, 0.4) is 0 Å². The Labute approximate surface area is 140 Å². The standard InChI is InChI=1S/C16H12ClF3N2O2/c1-8(23)10-3-2-4-12-13(10)16(19,20)15(24)22(12)7-9-5-6-11(18)14(17)21-9/h2-6,8,23H,7H2,1H3/t8-/m0/s1. The number of aliphatic hydroxyl groups is 1. The highest BCUT2D eigenvalue weighted by Gasteiger charge is 2.54. The van der Waals surface area contributed by atoms with Gasteiger partial charge in [-0.15, -0.1) is 0 Å². The Morgan fingerprint density at radius 3 is 2.67 bits per heavy atom. The van der Waals surface area contributed by atoms with Gasteiger partial charge in [-0.05, 0) is 30.7 Å². The van der Waals surface area contributed by atoms with E-state index in [0.717, 1.165) is 11.0 Å². The summed E-state index contributed by atoms with van der Waals surface area (Å²) >= 11 is 5.59. The van der Waals surface area contributed by atoms with E-state index in [1.54, 1.807) is 0 Å². The Morgan fingerprint density at radius 1 is 1.33 bits per heavy atom. The lowest BCUT2D eigenvalue weighted by Gasteiger charge is -2.17. The van der Waals surface area contributed by atoms with Crippen LogP contribution in [0.25, 0.3) is 0 Å². The van der Waals surface area contributed by atoms with E-state index in [4.69, 9.17) is 11.6 Å². The fourth-order valence-corrected chi connectivity index (χ4v) is 2.89. The van der Waals surface area contributed by atoms with Crippen molar-refractivity contribution in [2.45, 2.75) is 25.5 Å². The monoisotopic (exact) mass is 356 g/mol. The van der Waals surface area contributed by atoms with Gasteiger partial charge in [-0.3, -0.25) is 4.79 Å². The number of halogens is 4. The van der Waals surface area contributed by atoms with Crippen LogP contribution in [0, 0.1) is 5.82 Å². The van der Waals surface area contributed by atoms with E-state index in [-0.39, 0.29) is 23.5 Å². The van der Waals surface area contributed by atoms with Crippen LogP contribution in [0.4, 0.5) is 18.9 Å². The van der Waals surface area contributed by atoms with Crippen molar-refractivity contribution in [3.63, 3.8) is 0 Å². The molecule has 1 aromatic heterocycles. The lowest BCUT2D eigenvalue weighted by atomic mass is 9.98. The fourth-order valence-electron chi connectivity index (χ4n) is 2.72. The third-order valence-corrected chi connectivity index (χ3v) is 4.09. The van der Waals surface area contributed by atoms with Gasteiger partial charge in [0.15, 0.2) is 11.0 Å². The summed E-state index contributed by atoms with van der Waals surface area (Å²) in [7, 11) is 0. The van der Waals surface area contributed by atoms with Crippen LogP contribution in [0.1, 0.15) is 29.8 Å². The van der Waals surface area contributed by atoms with Crippen LogP contribution in [0.5, 0.6) is 0 Å². The van der Waals surface area contributed by atoms with Crippen LogP contribution in [0.15, 0.2) is 30.3 Å². The number of aromatic nitrogens is 1. The van der Waals surface area contributed by atoms with Gasteiger partial charge in [-0.25, -0.2) is 9.37 Å². The molecule has 2 heterocycles. The van der Waals surface area contributed by atoms with E-state index < -0.39 is 34.5 Å². The summed E-state index contributed by atoms with van der Waals surface area (Å²) in [4.78, 5) is 16.8. The van der Waals surface area contributed by atoms with Gasteiger partial charge in [0.05, 0.1) is 29.6 Å². The molecule has 0 aliphatic carbocycles. The first-order chi connectivity index (χ1) is 11.2. The van der Waals surface area contributed by atoms with Crippen molar-refractivity contribution < 1.29 is 23.1 Å². The molecule has 0 spiro atoms. The maximum atomic E-state index is 14.4. The van der Waals surface area contributed by atoms with Crippen molar-refractivity contribution in [3.8, 4) is 0 Å². The molecule has 0 saturated carbocycles. The van der Waals surface area contributed by atoms with Crippen LogP contribution in [-0.2, 0) is 17.3 Å². The predicted octanol–water partition coefficient (Wildman–Crippen LogP) is 3.57. The number of alkyl halides is 2. The van der Waals surface area contributed by atoms with Crippen molar-refractivity contribution in [1.82, 2.24) is 4.98 Å². The SMILES string of the molecule is C[C@H](O)c1cccc2c1C(F)(F)C(=O)N2Cc1ccc(F)c(Cl)n1. The molecule has 3 rings (SSSR count). The minimum absolute atomic E-state index is 0.00866. The van der Waals surface area contributed by atoms with E-state index >= 15 is 0 Å². The number of anilines is 1. The molecule has 1 aromatic carbocycles. The number of hydrogen-bond donors (Lipinski definition) is 1. The largest absolute Gasteiger partial charge is 0.389 e. The molecule has 1 N–H and O–H groups in total. The van der Waals surface area contributed by atoms with E-state index in [1.165, 1.54) is 31.2 Å². The number of rotatable bonds is 3. The molecule has 126 valence electrons. The number of benzene rings is 1. The third-order valence-electron chi connectivity index (χ3n) is 3.82. The highest BCUT2D eigenvalue weighted by atomic mass is 35.5. The maximum Gasteiger partial charge on any atom is 0.352 e. The first kappa shape index (κ1) is 16.7. The first-order valence-electron chi connectivity index (χ1n) is 7.05. The van der Waals surface area contributed by atoms with Crippen molar-refractivity contribution in [2.24, 2.45) is 0 Å². The molecule has 1 aliphatic rings. The van der Waals surface area contributed by atoms with E-state index in [9.17, 15) is 23.1 Å². The number of aliphatic hydroxyl groups excluding tert-OH is 1. The second-order valence-corrected chi connectivity index (χ2v) is 5.82. The average molecular weight is 357 g/mol. The molecule has 24 heavy (non-hydrogen) atoms. The van der Waals surface area contributed by atoms with Crippen molar-refractivity contribution in [1.29, 1.82) is 0 Å². The summed E-state index contributed by atoms with van der Waals surface area (Å²) in [5.74, 6) is -5.92. The normalized spacial score (nSPS) is 17.1. The van der Waals surface area contributed by atoms with Gasteiger partial charge in [0, 0.05) is 0 Å². The summed E-state index contributed by atoms with van der Waals surface area (Å²) < 4.78 is 42.0. The lowest BCUT2D eigenvalue weighted by molar-refractivity contribution is -0.141. The summed E-state index contributed by atoms with van der Waals surface area (Å²) in [5, 5.41) is 9.32. The second kappa shape index (κ2) is 5.75. The minimum atomic E-state index is -3.76. The molecule has 2 aromatic rings. The molecule has 1 atom stereocenters. The highest BCUT2D eigenvalue weighted by molar-refractivity contribution is 6.29. The molecule has 8 heteroatoms. The van der Waals surface area contributed by atoms with Crippen LogP contribution >= 0.6 is 11.6 Å². The molecule has 1 amide bonds. The van der Waals surface area contributed by atoms with E-state index in [0.29, 0.717) is 0 Å². The van der Waals surface area contributed by atoms with Gasteiger partial charge in [0.2, 0.25) is 0 Å². The number of fused-ring (bicyclic) bond motifs is 1. The zero-order valence-corrected chi connectivity index (χ0v) is 13.2. The molecular weight excluding hydrogens is 345 g/mol. The first-order valence-corrected chi connectivity index (χ1v) is 7.43. The quantitative estimate of drug-likeness (QED) is 0.855. The molecule has 0 bridgehead atoms. The van der Waals surface area contributed by atoms with Gasteiger partial charge in [0.1, 0.15) is 0 Å². The molecule has 0 fully saturated rings. The number of amides is 1. The zero-order chi connectivity index (χ0) is 17.6. The Morgan fingerprint density at radius 2 is 2.04 bits per heavy atom. The average Bonchev–Trinajstić information content (AvgIpc) is 2.72. The third kappa shape index (κ3) is 2.53. The maximum absolute atomic E-state index is 14.4. The van der Waals surface area contributed by atoms with Gasteiger partial charge < -0.3 is 10.0 Å². The number of pyridine rings is 1. The van der Waals surface area contributed by atoms with Crippen LogP contribution < -0.4 is 4.90 Å². The summed E-state index contributed by atoms with van der Waals surface area (Å²) in [6.45, 7) is 1.06. The Balaban J connectivity index is 2.07. The lowest BCUT2D eigenvalue weighted by Crippen LogP contribution is -2.34. The van der Waals surface area contributed by atoms with Gasteiger partial charge in [-0.2, -0.15) is 8.78 Å².